The Balaban J connectivity index is 1.37. The molecular formula is C27H27N5O. The number of nitrogens with one attached hydrogen (secondary N) is 3. The molecule has 1 aliphatic rings. The smallest absolute Gasteiger partial charge is 0.205 e. The van der Waals surface area contributed by atoms with Crippen LogP contribution in [0.2, 0.25) is 0 Å². The normalized spacial score (nSPS) is 15.1. The van der Waals surface area contributed by atoms with Crippen LogP contribution in [0.15, 0.2) is 67.1 Å². The molecule has 0 fully saturated rings. The van der Waals surface area contributed by atoms with Crippen LogP contribution in [0.3, 0.4) is 0 Å². The van der Waals surface area contributed by atoms with E-state index in [-0.39, 0.29) is 11.3 Å². The molecule has 6 rings (SSSR count). The van der Waals surface area contributed by atoms with Crippen molar-refractivity contribution < 1.29 is 5.11 Å². The largest absolute Gasteiger partial charge is 0.494 e. The number of anilines is 1. The van der Waals surface area contributed by atoms with Gasteiger partial charge < -0.3 is 20.7 Å². The van der Waals surface area contributed by atoms with E-state index in [4.69, 9.17) is 0 Å². The molecule has 0 aliphatic carbocycles. The van der Waals surface area contributed by atoms with Gasteiger partial charge in [0.05, 0.1) is 5.39 Å². The van der Waals surface area contributed by atoms with Crippen molar-refractivity contribution in [3.8, 4) is 11.6 Å². The number of aromatic nitrogens is 3. The zero-order chi connectivity index (χ0) is 22.6. The molecule has 6 heteroatoms. The van der Waals surface area contributed by atoms with E-state index in [0.717, 1.165) is 51.8 Å². The third-order valence-corrected chi connectivity index (χ3v) is 6.80. The molecule has 5 aromatic rings. The summed E-state index contributed by atoms with van der Waals surface area (Å²) in [7, 11) is 0. The number of aromatic hydroxyl groups is 1. The predicted molar refractivity (Wildman–Crippen MR) is 133 cm³/mol. The second-order valence-corrected chi connectivity index (χ2v) is 9.49. The molecule has 3 aromatic heterocycles. The molecule has 4 N–H and O–H groups in total. The molecule has 0 radical (unpaired) electrons. The van der Waals surface area contributed by atoms with E-state index in [2.05, 4.69) is 58.7 Å². The first-order valence-electron chi connectivity index (χ1n) is 11.3. The van der Waals surface area contributed by atoms with Crippen LogP contribution in [0, 0.1) is 0 Å². The molecule has 2 aromatic carbocycles. The second-order valence-electron chi connectivity index (χ2n) is 9.49. The second kappa shape index (κ2) is 7.39. The van der Waals surface area contributed by atoms with Crippen molar-refractivity contribution in [2.45, 2.75) is 32.4 Å². The van der Waals surface area contributed by atoms with Gasteiger partial charge in [-0.3, -0.25) is 4.57 Å². The Bertz CT molecular complexity index is 1490. The number of aromatic amines is 1. The quantitative estimate of drug-likeness (QED) is 0.311. The summed E-state index contributed by atoms with van der Waals surface area (Å²) in [6.45, 7) is 6.98. The fourth-order valence-electron chi connectivity index (χ4n) is 5.08. The summed E-state index contributed by atoms with van der Waals surface area (Å²) >= 11 is 0. The van der Waals surface area contributed by atoms with Gasteiger partial charge in [-0.25, -0.2) is 4.98 Å². The molecule has 0 saturated heterocycles. The third kappa shape index (κ3) is 3.26. The number of nitrogens with zero attached hydrogens (tertiary/aromatic N) is 2. The van der Waals surface area contributed by atoms with E-state index in [1.165, 1.54) is 11.1 Å². The van der Waals surface area contributed by atoms with Crippen LogP contribution < -0.4 is 10.6 Å². The van der Waals surface area contributed by atoms with E-state index >= 15 is 0 Å². The number of rotatable bonds is 4. The summed E-state index contributed by atoms with van der Waals surface area (Å²) in [5, 5.41) is 21.2. The number of hydrogen-bond donors (Lipinski definition) is 4. The van der Waals surface area contributed by atoms with Crippen molar-refractivity contribution in [1.29, 1.82) is 0 Å². The fraction of sp³-hybridized carbons (Fsp3) is 0.222. The van der Waals surface area contributed by atoms with Crippen LogP contribution in [-0.2, 0) is 18.5 Å². The van der Waals surface area contributed by atoms with Crippen molar-refractivity contribution in [2.75, 3.05) is 11.9 Å². The topological polar surface area (TPSA) is 77.9 Å². The third-order valence-electron chi connectivity index (χ3n) is 6.80. The minimum atomic E-state index is 0.102. The lowest BCUT2D eigenvalue weighted by molar-refractivity contribution is 0.434. The van der Waals surface area contributed by atoms with Crippen LogP contribution in [0.25, 0.3) is 27.5 Å². The molecule has 0 amide bonds. The van der Waals surface area contributed by atoms with Crippen LogP contribution in [0.5, 0.6) is 5.88 Å². The standard InChI is InChI=1S/C27H27N5O/c1-27(2)16-28-12-18-11-20(8-9-22(18)27)32-15-17-5-3-7-23(24(17)26(32)33)30-13-19-14-31-25-21(19)6-4-10-29-25/h3-11,14-15,28,30,33H,12-13,16H2,1-2H3,(H,29,31). The Morgan fingerprint density at radius 3 is 2.97 bits per heavy atom. The predicted octanol–water partition coefficient (Wildman–Crippen LogP) is 5.21. The van der Waals surface area contributed by atoms with Crippen molar-refractivity contribution in [2.24, 2.45) is 0 Å². The van der Waals surface area contributed by atoms with Gasteiger partial charge >= 0.3 is 0 Å². The average molecular weight is 438 g/mol. The minimum Gasteiger partial charge on any atom is -0.494 e. The number of benzene rings is 2. The maximum absolute atomic E-state index is 11.3. The summed E-state index contributed by atoms with van der Waals surface area (Å²) in [5.41, 5.74) is 6.65. The molecule has 0 atom stereocenters. The van der Waals surface area contributed by atoms with Gasteiger partial charge in [-0.1, -0.05) is 32.0 Å². The number of hydrogen-bond acceptors (Lipinski definition) is 4. The van der Waals surface area contributed by atoms with E-state index < -0.39 is 0 Å². The molecule has 166 valence electrons. The molecule has 0 spiro atoms. The summed E-state index contributed by atoms with van der Waals surface area (Å²) < 4.78 is 1.88. The lowest BCUT2D eigenvalue weighted by Crippen LogP contribution is -2.38. The number of H-pyrrole nitrogens is 1. The van der Waals surface area contributed by atoms with Gasteiger partial charge in [-0.2, -0.15) is 0 Å². The van der Waals surface area contributed by atoms with E-state index in [1.54, 1.807) is 6.20 Å². The fourth-order valence-corrected chi connectivity index (χ4v) is 5.08. The summed E-state index contributed by atoms with van der Waals surface area (Å²) in [5.74, 6) is 0.247. The zero-order valence-electron chi connectivity index (χ0n) is 18.8. The lowest BCUT2D eigenvalue weighted by atomic mass is 9.79. The van der Waals surface area contributed by atoms with E-state index in [1.807, 2.05) is 41.2 Å². The number of pyridine rings is 1. The lowest BCUT2D eigenvalue weighted by Gasteiger charge is -2.33. The van der Waals surface area contributed by atoms with Crippen LogP contribution in [0.1, 0.15) is 30.5 Å². The molecule has 0 bridgehead atoms. The van der Waals surface area contributed by atoms with Gasteiger partial charge in [0.25, 0.3) is 0 Å². The van der Waals surface area contributed by atoms with E-state index in [0.29, 0.717) is 6.54 Å². The number of fused-ring (bicyclic) bond motifs is 3. The van der Waals surface area contributed by atoms with Crippen molar-refractivity contribution in [3.63, 3.8) is 0 Å². The Kier molecular flexibility index (Phi) is 4.45. The van der Waals surface area contributed by atoms with Crippen LogP contribution >= 0.6 is 0 Å². The molecule has 4 heterocycles. The highest BCUT2D eigenvalue weighted by atomic mass is 16.3. The molecule has 0 saturated carbocycles. The summed E-state index contributed by atoms with van der Waals surface area (Å²) in [4.78, 5) is 7.59. The van der Waals surface area contributed by atoms with Gasteiger partial charge in [0.1, 0.15) is 5.65 Å². The molecule has 1 aliphatic heterocycles. The highest BCUT2D eigenvalue weighted by Crippen LogP contribution is 2.37. The molecule has 33 heavy (non-hydrogen) atoms. The van der Waals surface area contributed by atoms with Crippen molar-refractivity contribution in [3.05, 3.63) is 83.8 Å². The van der Waals surface area contributed by atoms with Crippen LogP contribution in [0.4, 0.5) is 5.69 Å². The van der Waals surface area contributed by atoms with Gasteiger partial charge in [0, 0.05) is 65.8 Å². The monoisotopic (exact) mass is 437 g/mol. The van der Waals surface area contributed by atoms with Crippen LogP contribution in [-0.4, -0.2) is 26.2 Å². The Morgan fingerprint density at radius 2 is 2.06 bits per heavy atom. The van der Waals surface area contributed by atoms with Gasteiger partial charge in [-0.05, 0) is 47.0 Å². The van der Waals surface area contributed by atoms with E-state index in [9.17, 15) is 5.11 Å². The molecule has 6 nitrogen and oxygen atoms in total. The Hall–Kier alpha value is -3.77. The minimum absolute atomic E-state index is 0.102. The van der Waals surface area contributed by atoms with Gasteiger partial charge in [0.15, 0.2) is 0 Å². The summed E-state index contributed by atoms with van der Waals surface area (Å²) in [6, 6.07) is 16.6. The Labute approximate surface area is 192 Å². The molecular weight excluding hydrogens is 410 g/mol. The first-order chi connectivity index (χ1) is 16.0. The average Bonchev–Trinajstić information content (AvgIpc) is 3.38. The van der Waals surface area contributed by atoms with Crippen molar-refractivity contribution >= 4 is 27.5 Å². The van der Waals surface area contributed by atoms with Gasteiger partial charge in [0.2, 0.25) is 5.88 Å². The summed E-state index contributed by atoms with van der Waals surface area (Å²) in [6.07, 6.45) is 5.78. The first-order valence-corrected chi connectivity index (χ1v) is 11.3. The zero-order valence-corrected chi connectivity index (χ0v) is 18.8. The maximum atomic E-state index is 11.3. The Morgan fingerprint density at radius 1 is 1.15 bits per heavy atom. The highest BCUT2D eigenvalue weighted by Gasteiger charge is 2.27. The van der Waals surface area contributed by atoms with Gasteiger partial charge in [-0.15, -0.1) is 0 Å². The molecule has 0 unspecified atom stereocenters. The maximum Gasteiger partial charge on any atom is 0.205 e. The highest BCUT2D eigenvalue weighted by molar-refractivity contribution is 5.99. The first kappa shape index (κ1) is 19.9. The van der Waals surface area contributed by atoms with Crippen molar-refractivity contribution in [1.82, 2.24) is 19.9 Å². The SMILES string of the molecule is CC1(C)CNCc2cc(-n3cc4cccc(NCc5c[nH]c6ncccc56)c4c3O)ccc21.